The molecule has 0 unspecified atom stereocenters. The highest BCUT2D eigenvalue weighted by Crippen LogP contribution is 2.69. The summed E-state index contributed by atoms with van der Waals surface area (Å²) >= 11 is 2.62. The number of rotatable bonds is 0. The molecule has 0 nitrogen and oxygen atoms in total. The Morgan fingerprint density at radius 1 is 0.909 bits per heavy atom. The van der Waals surface area contributed by atoms with E-state index in [1.807, 2.05) is 0 Å². The zero-order chi connectivity index (χ0) is 8.33. The van der Waals surface area contributed by atoms with Crippen LogP contribution in [0.3, 0.4) is 0 Å². The second-order valence-electron chi connectivity index (χ2n) is 5.78. The molecular formula is C10H17I. The Morgan fingerprint density at radius 3 is 1.64 bits per heavy atom. The van der Waals surface area contributed by atoms with E-state index in [1.54, 1.807) is 0 Å². The van der Waals surface area contributed by atoms with Crippen LogP contribution in [-0.2, 0) is 0 Å². The van der Waals surface area contributed by atoms with Crippen LogP contribution in [0.15, 0.2) is 0 Å². The van der Waals surface area contributed by atoms with Gasteiger partial charge in [-0.25, -0.2) is 0 Å². The Hall–Kier alpha value is 0.730. The molecule has 2 aliphatic carbocycles. The summed E-state index contributed by atoms with van der Waals surface area (Å²) in [7, 11) is 0. The van der Waals surface area contributed by atoms with Crippen LogP contribution in [0.5, 0.6) is 0 Å². The van der Waals surface area contributed by atoms with Gasteiger partial charge in [0.1, 0.15) is 0 Å². The van der Waals surface area contributed by atoms with Crippen molar-refractivity contribution in [1.82, 2.24) is 0 Å². The van der Waals surface area contributed by atoms with Crippen molar-refractivity contribution >= 4 is 22.6 Å². The summed E-state index contributed by atoms with van der Waals surface area (Å²) < 4.78 is 0.647. The predicted molar refractivity (Wildman–Crippen MR) is 57.1 cm³/mol. The van der Waals surface area contributed by atoms with Gasteiger partial charge in [0.25, 0.3) is 0 Å². The van der Waals surface area contributed by atoms with Crippen molar-refractivity contribution < 1.29 is 0 Å². The largest absolute Gasteiger partial charge is 0.0791 e. The normalized spacial score (nSPS) is 36.0. The van der Waals surface area contributed by atoms with Crippen molar-refractivity contribution in [3.05, 3.63) is 0 Å². The van der Waals surface area contributed by atoms with Crippen molar-refractivity contribution in [2.45, 2.75) is 49.9 Å². The van der Waals surface area contributed by atoms with E-state index in [2.05, 4.69) is 43.4 Å². The number of hydrogen-bond donors (Lipinski definition) is 0. The maximum Gasteiger partial charge on any atom is 0.0204 e. The van der Waals surface area contributed by atoms with Crippen molar-refractivity contribution in [2.75, 3.05) is 0 Å². The van der Waals surface area contributed by atoms with Crippen LogP contribution < -0.4 is 0 Å². The molecular weight excluding hydrogens is 247 g/mol. The van der Waals surface area contributed by atoms with E-state index >= 15 is 0 Å². The molecule has 0 saturated heterocycles. The second-order valence-corrected chi connectivity index (χ2v) is 8.39. The highest BCUT2D eigenvalue weighted by Gasteiger charge is 2.59. The highest BCUT2D eigenvalue weighted by molar-refractivity contribution is 14.1. The number of halogens is 1. The molecule has 1 heteroatoms. The lowest BCUT2D eigenvalue weighted by atomic mass is 9.44. The minimum absolute atomic E-state index is 0.647. The molecule has 1 spiro atoms. The first kappa shape index (κ1) is 8.33. The molecule has 11 heavy (non-hydrogen) atoms. The monoisotopic (exact) mass is 264 g/mol. The van der Waals surface area contributed by atoms with Gasteiger partial charge in [-0.3, -0.25) is 0 Å². The van der Waals surface area contributed by atoms with Gasteiger partial charge in [0, 0.05) is 3.42 Å². The van der Waals surface area contributed by atoms with Crippen molar-refractivity contribution in [2.24, 2.45) is 10.8 Å². The maximum absolute atomic E-state index is 2.62. The van der Waals surface area contributed by atoms with Gasteiger partial charge in [-0.15, -0.1) is 0 Å². The standard InChI is InChI=1S/C10H17I/c1-8(2)4-10(5-8)6-9(3,11)7-10/h4-7H2,1-3H3. The molecule has 64 valence electrons. The Bertz CT molecular complexity index is 150. The average Bonchev–Trinajstić information content (AvgIpc) is 1.52. The van der Waals surface area contributed by atoms with Gasteiger partial charge in [0.15, 0.2) is 0 Å². The van der Waals surface area contributed by atoms with E-state index in [9.17, 15) is 0 Å². The lowest BCUT2D eigenvalue weighted by molar-refractivity contribution is -0.0881. The number of alkyl halides is 1. The molecule has 0 amide bonds. The van der Waals surface area contributed by atoms with Crippen molar-refractivity contribution in [3.63, 3.8) is 0 Å². The third kappa shape index (κ3) is 1.34. The van der Waals surface area contributed by atoms with E-state index < -0.39 is 0 Å². The van der Waals surface area contributed by atoms with Crippen molar-refractivity contribution in [3.8, 4) is 0 Å². The fourth-order valence-electron chi connectivity index (χ4n) is 3.74. The maximum atomic E-state index is 2.62. The first-order valence-electron chi connectivity index (χ1n) is 4.52. The fourth-order valence-corrected chi connectivity index (χ4v) is 5.36. The summed E-state index contributed by atoms with van der Waals surface area (Å²) in [5, 5.41) is 0. The van der Waals surface area contributed by atoms with Crippen LogP contribution in [0.4, 0.5) is 0 Å². The topological polar surface area (TPSA) is 0 Å². The number of hydrogen-bond acceptors (Lipinski definition) is 0. The third-order valence-corrected chi connectivity index (χ3v) is 3.96. The van der Waals surface area contributed by atoms with Gasteiger partial charge in [0.2, 0.25) is 0 Å². The van der Waals surface area contributed by atoms with Crippen LogP contribution in [0, 0.1) is 10.8 Å². The summed E-state index contributed by atoms with van der Waals surface area (Å²) in [6.07, 6.45) is 5.92. The second kappa shape index (κ2) is 1.97. The van der Waals surface area contributed by atoms with Crippen LogP contribution in [0.1, 0.15) is 46.5 Å². The van der Waals surface area contributed by atoms with Gasteiger partial charge in [-0.05, 0) is 36.5 Å². The lowest BCUT2D eigenvalue weighted by Gasteiger charge is -2.64. The SMILES string of the molecule is CC1(C)CC2(C1)CC(C)(I)C2. The van der Waals surface area contributed by atoms with Crippen LogP contribution in [0.2, 0.25) is 0 Å². The van der Waals surface area contributed by atoms with Crippen molar-refractivity contribution in [1.29, 1.82) is 0 Å². The molecule has 0 aromatic carbocycles. The van der Waals surface area contributed by atoms with E-state index in [-0.39, 0.29) is 0 Å². The van der Waals surface area contributed by atoms with E-state index in [0.29, 0.717) is 8.84 Å². The Balaban J connectivity index is 1.93. The zero-order valence-corrected chi connectivity index (χ0v) is 9.86. The minimum atomic E-state index is 0.647. The van der Waals surface area contributed by atoms with Crippen LogP contribution in [0.25, 0.3) is 0 Å². The van der Waals surface area contributed by atoms with E-state index in [0.717, 1.165) is 5.41 Å². The van der Waals surface area contributed by atoms with E-state index in [1.165, 1.54) is 25.7 Å². The molecule has 0 bridgehead atoms. The quantitative estimate of drug-likeness (QED) is 0.461. The molecule has 2 fully saturated rings. The summed E-state index contributed by atoms with van der Waals surface area (Å²) in [6.45, 7) is 7.20. The Kier molecular flexibility index (Phi) is 1.49. The fraction of sp³-hybridized carbons (Fsp3) is 1.00. The minimum Gasteiger partial charge on any atom is -0.0791 e. The Labute approximate surface area is 83.3 Å². The predicted octanol–water partition coefficient (Wildman–Crippen LogP) is 3.78. The first-order valence-corrected chi connectivity index (χ1v) is 5.60. The van der Waals surface area contributed by atoms with Gasteiger partial charge in [0.05, 0.1) is 0 Å². The molecule has 0 aromatic rings. The van der Waals surface area contributed by atoms with Gasteiger partial charge in [-0.1, -0.05) is 43.4 Å². The lowest BCUT2D eigenvalue weighted by Crippen LogP contribution is -2.56. The Morgan fingerprint density at radius 2 is 1.36 bits per heavy atom. The first-order chi connectivity index (χ1) is 4.83. The third-order valence-electron chi connectivity index (χ3n) is 3.19. The molecule has 0 heterocycles. The molecule has 0 N–H and O–H groups in total. The summed E-state index contributed by atoms with van der Waals surface area (Å²) in [4.78, 5) is 0. The van der Waals surface area contributed by atoms with Gasteiger partial charge >= 0.3 is 0 Å². The molecule has 0 atom stereocenters. The smallest absolute Gasteiger partial charge is 0.0204 e. The summed E-state index contributed by atoms with van der Waals surface area (Å²) in [5.41, 5.74) is 1.48. The highest BCUT2D eigenvalue weighted by atomic mass is 127. The average molecular weight is 264 g/mol. The molecule has 2 rings (SSSR count). The zero-order valence-electron chi connectivity index (χ0n) is 7.71. The van der Waals surface area contributed by atoms with Gasteiger partial charge in [-0.2, -0.15) is 0 Å². The van der Waals surface area contributed by atoms with Crippen LogP contribution in [-0.4, -0.2) is 3.42 Å². The molecule has 2 aliphatic rings. The van der Waals surface area contributed by atoms with Crippen LogP contribution >= 0.6 is 22.6 Å². The summed E-state index contributed by atoms with van der Waals surface area (Å²) in [6, 6.07) is 0. The summed E-state index contributed by atoms with van der Waals surface area (Å²) in [5.74, 6) is 0. The van der Waals surface area contributed by atoms with Gasteiger partial charge < -0.3 is 0 Å². The molecule has 0 radical (unpaired) electrons. The molecule has 0 aliphatic heterocycles. The molecule has 0 aromatic heterocycles. The molecule has 2 saturated carbocycles. The van der Waals surface area contributed by atoms with E-state index in [4.69, 9.17) is 0 Å².